The van der Waals surface area contributed by atoms with Crippen LogP contribution in [0, 0.1) is 20.8 Å². The molecule has 9 aromatic carbocycles. The fourth-order valence-electron chi connectivity index (χ4n) is 16.8. The van der Waals surface area contributed by atoms with Crippen molar-refractivity contribution < 1.29 is 38.4 Å². The van der Waals surface area contributed by atoms with Gasteiger partial charge in [-0.25, -0.2) is 0 Å². The topological polar surface area (TPSA) is 344 Å². The van der Waals surface area contributed by atoms with E-state index in [9.17, 15) is 38.4 Å². The SMILES string of the molecule is C=CC(=O)Cl.C=CC(=O)Nc1ccc2c(Cn3nc(C(=O)Nc4cccc(C)c4)c4c3[C@H](C)CN(C(=O)c3ccc[nH]3)C4)cccc2c1.Cc1cccc(NC(=O)c2nn(Cc3cccc4cc(N)ccc34)c3c2CCCC3C)c1.Cc1cccc(NC(=O)c2nn(Cc3cccc4cc(N)ccc34)c3c2CN(C(=O)c2ccc[nH]2)C[C@@H]3C)c1.O=C(Cl)c1ccc[nH]1. The minimum atomic E-state index is -0.509. The number of fused-ring (bicyclic) bond motifs is 6. The highest BCUT2D eigenvalue weighted by molar-refractivity contribution is 6.67. The average molecular weight is 1740 g/mol. The molecule has 127 heavy (non-hydrogen) atoms. The highest BCUT2D eigenvalue weighted by Gasteiger charge is 2.38. The smallest absolute Gasteiger partial charge is 0.276 e. The normalized spacial score (nSPS) is 14.1. The lowest BCUT2D eigenvalue weighted by atomic mass is 9.87. The molecule has 644 valence electrons. The van der Waals surface area contributed by atoms with E-state index in [-0.39, 0.29) is 53.8 Å². The summed E-state index contributed by atoms with van der Waals surface area (Å²) in [5, 5.41) is 31.9. The number of hydrogen-bond acceptors (Lipinski definition) is 13. The minimum absolute atomic E-state index is 0.0219. The van der Waals surface area contributed by atoms with Crippen molar-refractivity contribution in [2.45, 2.75) is 111 Å². The molecule has 18 rings (SSSR count). The molecule has 3 atom stereocenters. The van der Waals surface area contributed by atoms with E-state index < -0.39 is 10.5 Å². The van der Waals surface area contributed by atoms with Crippen LogP contribution in [-0.4, -0.2) is 113 Å². The number of anilines is 6. The number of rotatable bonds is 18. The first-order valence-corrected chi connectivity index (χ1v) is 42.4. The Hall–Kier alpha value is -15.0. The van der Waals surface area contributed by atoms with Gasteiger partial charge in [0, 0.05) is 111 Å². The number of aryl methyl sites for hydroxylation is 3. The molecule has 2 aliphatic heterocycles. The monoisotopic (exact) mass is 1730 g/mol. The number of nitrogen functional groups attached to an aromatic ring is 2. The van der Waals surface area contributed by atoms with Crippen molar-refractivity contribution >= 4 is 136 Å². The second-order valence-corrected chi connectivity index (χ2v) is 32.6. The Morgan fingerprint density at radius 2 is 0.787 bits per heavy atom. The number of amides is 6. The quantitative estimate of drug-likeness (QED) is 0.0219. The predicted molar refractivity (Wildman–Crippen MR) is 502 cm³/mol. The molecule has 0 radical (unpaired) electrons. The van der Waals surface area contributed by atoms with Gasteiger partial charge in [-0.3, -0.25) is 52.4 Å². The maximum atomic E-state index is 13.7. The van der Waals surface area contributed by atoms with E-state index >= 15 is 0 Å². The second kappa shape index (κ2) is 39.7. The third-order valence-corrected chi connectivity index (χ3v) is 22.8. The molecule has 11 N–H and O–H groups in total. The molecule has 8 heterocycles. The van der Waals surface area contributed by atoms with E-state index in [4.69, 9.17) is 50.0 Å². The average Bonchev–Trinajstić information content (AvgIpc) is 1.61. The van der Waals surface area contributed by atoms with Gasteiger partial charge in [0.2, 0.25) is 11.1 Å². The number of H-pyrrole nitrogens is 3. The number of nitrogens with zero attached hydrogens (tertiary/aromatic N) is 8. The Balaban J connectivity index is 0.000000145. The number of allylic oxidation sites excluding steroid dienone is 1. The lowest BCUT2D eigenvalue weighted by Gasteiger charge is -2.32. The zero-order valence-electron chi connectivity index (χ0n) is 71.1. The van der Waals surface area contributed by atoms with E-state index in [1.54, 1.807) is 58.7 Å². The molecule has 0 spiro atoms. The lowest BCUT2D eigenvalue weighted by Crippen LogP contribution is -2.38. The summed E-state index contributed by atoms with van der Waals surface area (Å²) in [6.07, 6.45) is 10.5. The summed E-state index contributed by atoms with van der Waals surface area (Å²) in [5.74, 6) is -0.936. The van der Waals surface area contributed by atoms with Crippen LogP contribution in [0.5, 0.6) is 0 Å². The van der Waals surface area contributed by atoms with Crippen molar-refractivity contribution in [1.29, 1.82) is 0 Å². The van der Waals surface area contributed by atoms with Gasteiger partial charge >= 0.3 is 0 Å². The first kappa shape index (κ1) is 88.4. The molecule has 15 aromatic rings. The van der Waals surface area contributed by atoms with E-state index in [0.29, 0.717) is 102 Å². The van der Waals surface area contributed by atoms with Crippen LogP contribution in [0.3, 0.4) is 0 Å². The zero-order valence-corrected chi connectivity index (χ0v) is 72.7. The maximum absolute atomic E-state index is 13.7. The Morgan fingerprint density at radius 1 is 0.425 bits per heavy atom. The Kier molecular flexibility index (Phi) is 27.6. The Labute approximate surface area is 744 Å². The van der Waals surface area contributed by atoms with Gasteiger partial charge in [0.05, 0.1) is 38.4 Å². The zero-order chi connectivity index (χ0) is 89.7. The lowest BCUT2D eigenvalue weighted by molar-refractivity contribution is -0.112. The minimum Gasteiger partial charge on any atom is -0.399 e. The van der Waals surface area contributed by atoms with Gasteiger partial charge in [0.1, 0.15) is 11.4 Å². The maximum Gasteiger partial charge on any atom is 0.276 e. The van der Waals surface area contributed by atoms with Gasteiger partial charge in [0.25, 0.3) is 34.8 Å². The Bertz CT molecular complexity index is 6660. The summed E-state index contributed by atoms with van der Waals surface area (Å²) < 4.78 is 5.89. The number of carbonyl (C=O) groups excluding carboxylic acids is 8. The molecular weight excluding hydrogens is 1640 g/mol. The highest BCUT2D eigenvalue weighted by atomic mass is 35.5. The molecule has 25 nitrogen and oxygen atoms in total. The van der Waals surface area contributed by atoms with Crippen molar-refractivity contribution in [1.82, 2.24) is 54.1 Å². The predicted octanol–water partition coefficient (Wildman–Crippen LogP) is 19.2. The van der Waals surface area contributed by atoms with Crippen molar-refractivity contribution in [3.8, 4) is 0 Å². The van der Waals surface area contributed by atoms with Crippen LogP contribution in [0.15, 0.2) is 262 Å². The molecule has 27 heteroatoms. The number of hydrogen-bond donors (Lipinski definition) is 9. The molecule has 6 amide bonds. The summed E-state index contributed by atoms with van der Waals surface area (Å²) in [6.45, 7) is 22.1. The van der Waals surface area contributed by atoms with Crippen LogP contribution < -0.4 is 32.7 Å². The third-order valence-electron chi connectivity index (χ3n) is 22.5. The van der Waals surface area contributed by atoms with Gasteiger partial charge in [0.15, 0.2) is 17.1 Å². The van der Waals surface area contributed by atoms with Crippen molar-refractivity contribution in [2.24, 2.45) is 0 Å². The molecule has 0 fully saturated rings. The van der Waals surface area contributed by atoms with Crippen molar-refractivity contribution in [2.75, 3.05) is 45.8 Å². The largest absolute Gasteiger partial charge is 0.399 e. The first-order valence-electron chi connectivity index (χ1n) is 41.7. The molecular formula is C100H97Cl2N17O8. The van der Waals surface area contributed by atoms with Crippen LogP contribution in [0.25, 0.3) is 32.3 Å². The molecule has 6 aromatic heterocycles. The third kappa shape index (κ3) is 21.0. The number of aromatic amines is 3. The summed E-state index contributed by atoms with van der Waals surface area (Å²) >= 11 is 9.78. The summed E-state index contributed by atoms with van der Waals surface area (Å²) in [7, 11) is 0. The van der Waals surface area contributed by atoms with Crippen molar-refractivity contribution in [3.63, 3.8) is 0 Å². The number of halogens is 2. The number of nitrogens with two attached hydrogens (primary N) is 2. The molecule has 1 aliphatic carbocycles. The van der Waals surface area contributed by atoms with Crippen LogP contribution in [0.2, 0.25) is 0 Å². The molecule has 3 aliphatic rings. The number of benzene rings is 9. The van der Waals surface area contributed by atoms with E-state index in [2.05, 4.69) is 105 Å². The van der Waals surface area contributed by atoms with Gasteiger partial charge in [-0.05, 0) is 256 Å². The van der Waals surface area contributed by atoms with E-state index in [0.717, 1.165) is 120 Å². The van der Waals surface area contributed by atoms with Gasteiger partial charge < -0.3 is 57.5 Å². The van der Waals surface area contributed by atoms with Crippen LogP contribution in [0.1, 0.15) is 181 Å². The molecule has 0 bridgehead atoms. The molecule has 1 unspecified atom stereocenters. The summed E-state index contributed by atoms with van der Waals surface area (Å²) in [4.78, 5) is 111. The first-order chi connectivity index (χ1) is 61.2. The number of nitrogens with one attached hydrogen (secondary N) is 7. The number of carbonyl (C=O) groups is 8. The summed E-state index contributed by atoms with van der Waals surface area (Å²) in [6, 6.07) is 69.7. The fraction of sp³-hybridized carbons (Fsp3) is 0.190. The van der Waals surface area contributed by atoms with Crippen LogP contribution in [0.4, 0.5) is 34.1 Å². The van der Waals surface area contributed by atoms with Crippen LogP contribution in [-0.2, 0) is 48.7 Å². The number of aromatic nitrogens is 9. The standard InChI is InChI=1S/C34H32N6O3.C31H30N6O2.C27H28N4O.C5H4ClNO.C3H3ClO/c1-4-30(41)36-26-13-14-27-23(17-26)9-6-10-24(27)19-40-32-22(3)18-39(34(43)29-12-7-15-35-29)20-28(32)31(38-40)33(42)37-25-11-5-8-21(2)16-25;1-19-6-3-9-24(14-19)34-30(38)28-26-18-36(31(39)27-10-5-13-33-27)16-20(2)29(26)37(35-28)17-22-8-4-7-21-15-23(32)11-12-25(21)22;1-17-6-3-10-22(14-17)29-27(32)25-24-11-4-7-18(2)26(24)31(30-25)16-20-9-5-8-19-15-21(28)12-13-23(19)20;6-5(8)4-2-1-3-7-4;1-2-3(4)5/h4-17,22,35H,1,18-20H2,2-3H3,(H,36,41)(H,37,42);3-15,20,33H,16-18,32H2,1-2H3,(H,34,38);3,5-6,8-10,12-15,18H,4,7,11,16,28H2,1-2H3,(H,29,32);1-3,7H;2H,1H2/t22-;20-;;;/m10.../s1. The van der Waals surface area contributed by atoms with Gasteiger partial charge in [-0.15, -0.1) is 0 Å². The Morgan fingerprint density at radius 3 is 1.15 bits per heavy atom. The van der Waals surface area contributed by atoms with Gasteiger partial charge in [-0.1, -0.05) is 143 Å². The highest BCUT2D eigenvalue weighted by Crippen LogP contribution is 2.39. The fourth-order valence-corrected chi connectivity index (χ4v) is 16.9. The van der Waals surface area contributed by atoms with Gasteiger partial charge in [-0.2, -0.15) is 15.3 Å². The van der Waals surface area contributed by atoms with E-state index in [1.165, 1.54) is 22.7 Å². The summed E-state index contributed by atoms with van der Waals surface area (Å²) in [5.41, 5.74) is 31.2. The second-order valence-electron chi connectivity index (χ2n) is 31.9. The van der Waals surface area contributed by atoms with E-state index in [1.807, 2.05) is 188 Å². The molecule has 0 saturated carbocycles. The molecule has 0 saturated heterocycles. The van der Waals surface area contributed by atoms with Crippen LogP contribution >= 0.6 is 23.2 Å². The van der Waals surface area contributed by atoms with Crippen molar-refractivity contribution in [3.05, 3.63) is 364 Å².